The third-order valence-corrected chi connectivity index (χ3v) is 4.51. The molecule has 1 saturated heterocycles. The van der Waals surface area contributed by atoms with Crippen LogP contribution in [0.25, 0.3) is 11.3 Å². The van der Waals surface area contributed by atoms with Gasteiger partial charge in [0.2, 0.25) is 0 Å². The summed E-state index contributed by atoms with van der Waals surface area (Å²) in [6.07, 6.45) is 1.76. The minimum Gasteiger partial charge on any atom is -0.378 e. The van der Waals surface area contributed by atoms with Gasteiger partial charge in [0.25, 0.3) is 0 Å². The highest BCUT2D eigenvalue weighted by Crippen LogP contribution is 2.26. The zero-order valence-electron chi connectivity index (χ0n) is 13.9. The number of hydrogen-bond donors (Lipinski definition) is 1. The van der Waals surface area contributed by atoms with E-state index in [1.807, 2.05) is 12.1 Å². The van der Waals surface area contributed by atoms with Crippen LogP contribution in [0.3, 0.4) is 0 Å². The number of aromatic amines is 1. The number of nitrogens with one attached hydrogen (secondary N) is 1. The van der Waals surface area contributed by atoms with Gasteiger partial charge in [-0.05, 0) is 17.7 Å². The van der Waals surface area contributed by atoms with E-state index in [0.29, 0.717) is 6.61 Å². The van der Waals surface area contributed by atoms with Crippen LogP contribution in [0.15, 0.2) is 60.8 Å². The van der Waals surface area contributed by atoms with E-state index in [2.05, 4.69) is 39.1 Å². The van der Waals surface area contributed by atoms with E-state index >= 15 is 0 Å². The minimum absolute atomic E-state index is 0.0660. The highest BCUT2D eigenvalue weighted by molar-refractivity contribution is 5.58. The van der Waals surface area contributed by atoms with Crippen LogP contribution < -0.4 is 0 Å². The molecule has 1 aliphatic rings. The summed E-state index contributed by atoms with van der Waals surface area (Å²) in [5, 5.41) is 0. The Kier molecular flexibility index (Phi) is 4.59. The molecule has 4 rings (SSSR count). The van der Waals surface area contributed by atoms with E-state index in [1.54, 1.807) is 12.3 Å². The lowest BCUT2D eigenvalue weighted by Gasteiger charge is -2.34. The highest BCUT2D eigenvalue weighted by atomic mass is 19.1. The number of aromatic nitrogens is 2. The maximum absolute atomic E-state index is 13.5. The van der Waals surface area contributed by atoms with Crippen LogP contribution in [-0.4, -0.2) is 34.6 Å². The lowest BCUT2D eigenvalue weighted by molar-refractivity contribution is -0.0156. The van der Waals surface area contributed by atoms with Gasteiger partial charge in [0.05, 0.1) is 31.1 Å². The molecule has 4 nitrogen and oxygen atoms in total. The van der Waals surface area contributed by atoms with Crippen LogP contribution in [0, 0.1) is 5.82 Å². The standard InChI is InChI=1S/C20H20FN3O/c21-17-8-4-7-16(11-17)18-12-22-20(23-18)19-14-25-10-9-24(19)13-15-5-2-1-3-6-15/h1-8,11-12,19H,9-10,13-14H2,(H,22,23)/t19-/m0/s1. The molecule has 2 aromatic carbocycles. The summed E-state index contributed by atoms with van der Waals surface area (Å²) in [5.74, 6) is 0.607. The first-order valence-corrected chi connectivity index (χ1v) is 8.46. The van der Waals surface area contributed by atoms with E-state index in [1.165, 1.54) is 17.7 Å². The number of benzene rings is 2. The number of imidazole rings is 1. The van der Waals surface area contributed by atoms with Crippen LogP contribution in [0.5, 0.6) is 0 Å². The highest BCUT2D eigenvalue weighted by Gasteiger charge is 2.27. The molecule has 0 amide bonds. The Morgan fingerprint density at radius 3 is 2.88 bits per heavy atom. The lowest BCUT2D eigenvalue weighted by Crippen LogP contribution is -2.39. The van der Waals surface area contributed by atoms with Crippen molar-refractivity contribution in [3.8, 4) is 11.3 Å². The Hall–Kier alpha value is -2.50. The van der Waals surface area contributed by atoms with E-state index in [4.69, 9.17) is 4.74 Å². The summed E-state index contributed by atoms with van der Waals surface area (Å²) in [4.78, 5) is 10.2. The molecule has 1 aromatic heterocycles. The molecule has 25 heavy (non-hydrogen) atoms. The van der Waals surface area contributed by atoms with Gasteiger partial charge in [0.1, 0.15) is 11.6 Å². The van der Waals surface area contributed by atoms with Gasteiger partial charge in [-0.1, -0.05) is 42.5 Å². The van der Waals surface area contributed by atoms with Crippen LogP contribution in [0.4, 0.5) is 4.39 Å². The molecule has 2 heterocycles. The number of ether oxygens (including phenoxy) is 1. The van der Waals surface area contributed by atoms with E-state index < -0.39 is 0 Å². The molecule has 3 aromatic rings. The number of H-pyrrole nitrogens is 1. The van der Waals surface area contributed by atoms with Crippen molar-refractivity contribution >= 4 is 0 Å². The second-order valence-electron chi connectivity index (χ2n) is 6.24. The fourth-order valence-corrected chi connectivity index (χ4v) is 3.21. The largest absolute Gasteiger partial charge is 0.378 e. The Balaban J connectivity index is 1.57. The summed E-state index contributed by atoms with van der Waals surface area (Å²) < 4.78 is 19.1. The number of hydrogen-bond acceptors (Lipinski definition) is 3. The van der Waals surface area contributed by atoms with Crippen LogP contribution >= 0.6 is 0 Å². The van der Waals surface area contributed by atoms with E-state index in [0.717, 1.165) is 36.8 Å². The molecule has 1 atom stereocenters. The smallest absolute Gasteiger partial charge is 0.126 e. The Morgan fingerprint density at radius 1 is 1.16 bits per heavy atom. The lowest BCUT2D eigenvalue weighted by atomic mass is 10.1. The molecule has 0 bridgehead atoms. The van der Waals surface area contributed by atoms with Crippen molar-refractivity contribution in [2.24, 2.45) is 0 Å². The Labute approximate surface area is 146 Å². The first-order chi connectivity index (χ1) is 12.3. The fraction of sp³-hybridized carbons (Fsp3) is 0.250. The third kappa shape index (κ3) is 3.62. The van der Waals surface area contributed by atoms with Crippen LogP contribution in [0.2, 0.25) is 0 Å². The van der Waals surface area contributed by atoms with Crippen molar-refractivity contribution in [3.05, 3.63) is 78.0 Å². The molecule has 0 aliphatic carbocycles. The number of rotatable bonds is 4. The van der Waals surface area contributed by atoms with Gasteiger partial charge in [0.15, 0.2) is 0 Å². The Morgan fingerprint density at radius 2 is 2.04 bits per heavy atom. The summed E-state index contributed by atoms with van der Waals surface area (Å²) in [7, 11) is 0. The quantitative estimate of drug-likeness (QED) is 0.787. The maximum Gasteiger partial charge on any atom is 0.126 e. The van der Waals surface area contributed by atoms with Crippen molar-refractivity contribution in [2.75, 3.05) is 19.8 Å². The number of nitrogens with zero attached hydrogens (tertiary/aromatic N) is 2. The normalized spacial score (nSPS) is 18.4. The third-order valence-electron chi connectivity index (χ3n) is 4.51. The maximum atomic E-state index is 13.5. The molecule has 1 aliphatic heterocycles. The first-order valence-electron chi connectivity index (χ1n) is 8.46. The first kappa shape index (κ1) is 16.0. The zero-order valence-corrected chi connectivity index (χ0v) is 13.9. The van der Waals surface area contributed by atoms with Gasteiger partial charge in [-0.15, -0.1) is 0 Å². The van der Waals surface area contributed by atoms with Crippen molar-refractivity contribution < 1.29 is 9.13 Å². The fourth-order valence-electron chi connectivity index (χ4n) is 3.21. The summed E-state index contributed by atoms with van der Waals surface area (Å²) >= 11 is 0. The molecule has 0 radical (unpaired) electrons. The second-order valence-corrected chi connectivity index (χ2v) is 6.24. The molecule has 128 valence electrons. The second kappa shape index (κ2) is 7.17. The summed E-state index contributed by atoms with van der Waals surface area (Å²) in [6, 6.07) is 17.0. The summed E-state index contributed by atoms with van der Waals surface area (Å²) in [5.41, 5.74) is 2.89. The molecular weight excluding hydrogens is 317 g/mol. The topological polar surface area (TPSA) is 41.1 Å². The summed E-state index contributed by atoms with van der Waals surface area (Å²) in [6.45, 7) is 3.03. The van der Waals surface area contributed by atoms with Crippen molar-refractivity contribution in [1.82, 2.24) is 14.9 Å². The van der Waals surface area contributed by atoms with E-state index in [9.17, 15) is 4.39 Å². The number of halogens is 1. The van der Waals surface area contributed by atoms with Crippen molar-refractivity contribution in [1.29, 1.82) is 0 Å². The Bertz CT molecular complexity index is 834. The minimum atomic E-state index is -0.250. The van der Waals surface area contributed by atoms with Gasteiger partial charge < -0.3 is 9.72 Å². The molecule has 1 N–H and O–H groups in total. The average molecular weight is 337 g/mol. The van der Waals surface area contributed by atoms with Gasteiger partial charge in [-0.25, -0.2) is 9.37 Å². The molecule has 0 unspecified atom stereocenters. The molecule has 0 saturated carbocycles. The SMILES string of the molecule is Fc1cccc(-c2cnc([C@@H]3COCCN3Cc3ccccc3)[nH]2)c1. The predicted octanol–water partition coefficient (Wildman–Crippen LogP) is 3.79. The predicted molar refractivity (Wildman–Crippen MR) is 94.4 cm³/mol. The van der Waals surface area contributed by atoms with Gasteiger partial charge in [0, 0.05) is 18.7 Å². The van der Waals surface area contributed by atoms with Gasteiger partial charge >= 0.3 is 0 Å². The van der Waals surface area contributed by atoms with Crippen molar-refractivity contribution in [2.45, 2.75) is 12.6 Å². The average Bonchev–Trinajstić information content (AvgIpc) is 3.13. The monoisotopic (exact) mass is 337 g/mol. The van der Waals surface area contributed by atoms with E-state index in [-0.39, 0.29) is 11.9 Å². The van der Waals surface area contributed by atoms with Crippen molar-refractivity contribution in [3.63, 3.8) is 0 Å². The molecule has 1 fully saturated rings. The zero-order chi connectivity index (χ0) is 17.1. The van der Waals surface area contributed by atoms with Gasteiger partial charge in [-0.3, -0.25) is 4.90 Å². The van der Waals surface area contributed by atoms with Crippen LogP contribution in [0.1, 0.15) is 17.4 Å². The van der Waals surface area contributed by atoms with Crippen LogP contribution in [-0.2, 0) is 11.3 Å². The number of morpholine rings is 1. The molecular formula is C20H20FN3O. The van der Waals surface area contributed by atoms with Gasteiger partial charge in [-0.2, -0.15) is 0 Å². The molecule has 0 spiro atoms. The molecule has 5 heteroatoms.